The van der Waals surface area contributed by atoms with Gasteiger partial charge in [0.1, 0.15) is 0 Å². The van der Waals surface area contributed by atoms with Gasteiger partial charge in [-0.3, -0.25) is 14.5 Å². The van der Waals surface area contributed by atoms with Crippen LogP contribution in [0.2, 0.25) is 0 Å². The Hall–Kier alpha value is -3.44. The van der Waals surface area contributed by atoms with Gasteiger partial charge in [0.2, 0.25) is 11.8 Å². The fourth-order valence-corrected chi connectivity index (χ4v) is 3.95. The number of hydrogen-bond acceptors (Lipinski definition) is 3. The van der Waals surface area contributed by atoms with Crippen LogP contribution < -0.4 is 5.32 Å². The minimum atomic E-state index is -0.0990. The molecule has 1 aliphatic rings. The fourth-order valence-electron chi connectivity index (χ4n) is 3.95. The molecular formula is C26H27N3O2. The number of hydrogen-bond donors (Lipinski definition) is 1. The number of piperazine rings is 1. The van der Waals surface area contributed by atoms with E-state index in [1.807, 2.05) is 35.2 Å². The Morgan fingerprint density at radius 2 is 1.61 bits per heavy atom. The van der Waals surface area contributed by atoms with E-state index in [9.17, 15) is 9.59 Å². The molecule has 0 aliphatic carbocycles. The summed E-state index contributed by atoms with van der Waals surface area (Å²) in [6.07, 6.45) is 3.45. The lowest BCUT2D eigenvalue weighted by Gasteiger charge is -2.34. The van der Waals surface area contributed by atoms with Crippen molar-refractivity contribution in [3.63, 3.8) is 0 Å². The van der Waals surface area contributed by atoms with Crippen molar-refractivity contribution in [1.82, 2.24) is 9.80 Å². The smallest absolute Gasteiger partial charge is 0.246 e. The van der Waals surface area contributed by atoms with Gasteiger partial charge >= 0.3 is 0 Å². The first-order valence-electron chi connectivity index (χ1n) is 10.6. The van der Waals surface area contributed by atoms with Crippen molar-refractivity contribution in [1.29, 1.82) is 0 Å². The van der Waals surface area contributed by atoms with Crippen LogP contribution in [-0.4, -0.2) is 47.8 Å². The van der Waals surface area contributed by atoms with Crippen LogP contribution in [-0.2, 0) is 16.1 Å². The van der Waals surface area contributed by atoms with E-state index in [2.05, 4.69) is 52.7 Å². The first-order valence-corrected chi connectivity index (χ1v) is 10.6. The molecule has 0 unspecified atom stereocenters. The number of benzene rings is 3. The highest BCUT2D eigenvalue weighted by Crippen LogP contribution is 2.20. The quantitative estimate of drug-likeness (QED) is 0.639. The van der Waals surface area contributed by atoms with E-state index < -0.39 is 0 Å². The van der Waals surface area contributed by atoms with Crippen LogP contribution in [0.1, 0.15) is 18.1 Å². The Kier molecular flexibility index (Phi) is 6.43. The van der Waals surface area contributed by atoms with Crippen LogP contribution in [0.3, 0.4) is 0 Å². The van der Waals surface area contributed by atoms with Crippen LogP contribution in [0.25, 0.3) is 16.8 Å². The average Bonchev–Trinajstić information content (AvgIpc) is 2.79. The summed E-state index contributed by atoms with van der Waals surface area (Å²) < 4.78 is 0. The zero-order valence-corrected chi connectivity index (χ0v) is 17.8. The second kappa shape index (κ2) is 9.58. The SMILES string of the molecule is CC(=O)Nc1ccc(/C=C/C(=O)N2CCN(Cc3cccc4ccccc34)CC2)cc1. The standard InChI is InChI=1S/C26H27N3O2/c1-20(30)27-24-12-9-21(10-13-24)11-14-26(31)29-17-15-28(16-18-29)19-23-7-4-6-22-5-2-3-8-25(22)23/h2-14H,15-19H2,1H3,(H,27,30)/b14-11+. The predicted molar refractivity (Wildman–Crippen MR) is 126 cm³/mol. The lowest BCUT2D eigenvalue weighted by atomic mass is 10.0. The van der Waals surface area contributed by atoms with E-state index >= 15 is 0 Å². The number of carbonyl (C=O) groups is 2. The molecule has 1 fully saturated rings. The number of carbonyl (C=O) groups excluding carboxylic acids is 2. The predicted octanol–water partition coefficient (Wildman–Crippen LogP) is 4.16. The zero-order chi connectivity index (χ0) is 21.6. The molecule has 5 heteroatoms. The van der Waals surface area contributed by atoms with Crippen molar-refractivity contribution in [2.24, 2.45) is 0 Å². The second-order valence-corrected chi connectivity index (χ2v) is 7.88. The molecule has 0 spiro atoms. The molecule has 1 aliphatic heterocycles. The van der Waals surface area contributed by atoms with E-state index in [0.29, 0.717) is 0 Å². The summed E-state index contributed by atoms with van der Waals surface area (Å²) in [5.41, 5.74) is 3.01. The summed E-state index contributed by atoms with van der Waals surface area (Å²) in [7, 11) is 0. The van der Waals surface area contributed by atoms with Gasteiger partial charge in [0.15, 0.2) is 0 Å². The highest BCUT2D eigenvalue weighted by atomic mass is 16.2. The molecule has 3 aromatic carbocycles. The Morgan fingerprint density at radius 1 is 0.903 bits per heavy atom. The van der Waals surface area contributed by atoms with Gasteiger partial charge in [0.05, 0.1) is 0 Å². The minimum absolute atomic E-state index is 0.0377. The van der Waals surface area contributed by atoms with Crippen LogP contribution in [0.15, 0.2) is 72.8 Å². The molecule has 1 N–H and O–H groups in total. The summed E-state index contributed by atoms with van der Waals surface area (Å²) in [6, 6.07) is 22.4. The molecule has 31 heavy (non-hydrogen) atoms. The molecule has 4 rings (SSSR count). The van der Waals surface area contributed by atoms with Gasteiger partial charge in [-0.2, -0.15) is 0 Å². The molecule has 0 atom stereocenters. The number of nitrogens with zero attached hydrogens (tertiary/aromatic N) is 2. The van der Waals surface area contributed by atoms with Crippen molar-refractivity contribution >= 4 is 34.4 Å². The van der Waals surface area contributed by atoms with Crippen molar-refractivity contribution in [2.45, 2.75) is 13.5 Å². The van der Waals surface area contributed by atoms with Crippen molar-refractivity contribution < 1.29 is 9.59 Å². The van der Waals surface area contributed by atoms with Crippen LogP contribution in [0.4, 0.5) is 5.69 Å². The van der Waals surface area contributed by atoms with Crippen LogP contribution >= 0.6 is 0 Å². The normalized spacial score (nSPS) is 14.8. The maximum Gasteiger partial charge on any atom is 0.246 e. The lowest BCUT2D eigenvalue weighted by molar-refractivity contribution is -0.127. The second-order valence-electron chi connectivity index (χ2n) is 7.88. The molecule has 5 nitrogen and oxygen atoms in total. The van der Waals surface area contributed by atoms with E-state index in [1.54, 1.807) is 6.08 Å². The third-order valence-electron chi connectivity index (χ3n) is 5.61. The number of nitrogens with one attached hydrogen (secondary N) is 1. The topological polar surface area (TPSA) is 52.7 Å². The largest absolute Gasteiger partial charge is 0.337 e. The molecule has 1 heterocycles. The molecule has 3 aromatic rings. The summed E-state index contributed by atoms with van der Waals surface area (Å²) in [6.45, 7) is 5.58. The van der Waals surface area contributed by atoms with E-state index in [-0.39, 0.29) is 11.8 Å². The number of fused-ring (bicyclic) bond motifs is 1. The molecule has 0 bridgehead atoms. The molecule has 1 saturated heterocycles. The zero-order valence-electron chi connectivity index (χ0n) is 17.8. The number of rotatable bonds is 5. The third-order valence-corrected chi connectivity index (χ3v) is 5.61. The lowest BCUT2D eigenvalue weighted by Crippen LogP contribution is -2.47. The fraction of sp³-hybridized carbons (Fsp3) is 0.231. The first kappa shape index (κ1) is 20.8. The molecular weight excluding hydrogens is 386 g/mol. The van der Waals surface area contributed by atoms with Crippen molar-refractivity contribution in [3.05, 3.63) is 83.9 Å². The molecule has 2 amide bonds. The highest BCUT2D eigenvalue weighted by molar-refractivity contribution is 5.92. The number of anilines is 1. The maximum atomic E-state index is 12.6. The first-order chi connectivity index (χ1) is 15.1. The highest BCUT2D eigenvalue weighted by Gasteiger charge is 2.20. The Bertz CT molecular complexity index is 1090. The minimum Gasteiger partial charge on any atom is -0.337 e. The van der Waals surface area contributed by atoms with Gasteiger partial charge in [0.25, 0.3) is 0 Å². The van der Waals surface area contributed by atoms with Gasteiger partial charge < -0.3 is 10.2 Å². The van der Waals surface area contributed by atoms with E-state index in [1.165, 1.54) is 23.3 Å². The third kappa shape index (κ3) is 5.38. The van der Waals surface area contributed by atoms with Gasteiger partial charge in [-0.15, -0.1) is 0 Å². The van der Waals surface area contributed by atoms with E-state index in [0.717, 1.165) is 44.0 Å². The van der Waals surface area contributed by atoms with Crippen LogP contribution in [0.5, 0.6) is 0 Å². The monoisotopic (exact) mass is 413 g/mol. The molecule has 0 radical (unpaired) electrons. The van der Waals surface area contributed by atoms with Gasteiger partial charge in [-0.05, 0) is 40.1 Å². The van der Waals surface area contributed by atoms with Crippen molar-refractivity contribution in [2.75, 3.05) is 31.5 Å². The molecule has 0 aromatic heterocycles. The number of amides is 2. The van der Waals surface area contributed by atoms with Gasteiger partial charge in [-0.25, -0.2) is 0 Å². The van der Waals surface area contributed by atoms with Gasteiger partial charge in [-0.1, -0.05) is 54.6 Å². The maximum absolute atomic E-state index is 12.6. The molecule has 0 saturated carbocycles. The summed E-state index contributed by atoms with van der Waals surface area (Å²) in [4.78, 5) is 28.0. The molecule has 158 valence electrons. The average molecular weight is 414 g/mol. The van der Waals surface area contributed by atoms with Gasteiger partial charge in [0, 0.05) is 51.4 Å². The van der Waals surface area contributed by atoms with E-state index in [4.69, 9.17) is 0 Å². The Labute approximate surface area is 183 Å². The Balaban J connectivity index is 1.30. The summed E-state index contributed by atoms with van der Waals surface area (Å²) in [5, 5.41) is 5.31. The van der Waals surface area contributed by atoms with Crippen LogP contribution in [0, 0.1) is 0 Å². The summed E-state index contributed by atoms with van der Waals surface area (Å²) in [5.74, 6) is -0.0613. The summed E-state index contributed by atoms with van der Waals surface area (Å²) >= 11 is 0. The van der Waals surface area contributed by atoms with Crippen molar-refractivity contribution in [3.8, 4) is 0 Å². The Morgan fingerprint density at radius 3 is 2.35 bits per heavy atom.